The maximum atomic E-state index is 11.3. The molecule has 1 aliphatic carbocycles. The molecule has 1 aliphatic rings. The third-order valence-corrected chi connectivity index (χ3v) is 4.62. The Kier molecular flexibility index (Phi) is 5.24. The Morgan fingerprint density at radius 1 is 1.47 bits per heavy atom. The third-order valence-electron chi connectivity index (χ3n) is 3.46. The molecule has 0 aliphatic heterocycles. The normalized spacial score (nSPS) is 23.4. The van der Waals surface area contributed by atoms with Crippen molar-refractivity contribution in [1.29, 1.82) is 0 Å². The van der Waals surface area contributed by atoms with Crippen LogP contribution in [0.1, 0.15) is 56.7 Å². The predicted molar refractivity (Wildman–Crippen MR) is 73.1 cm³/mol. The summed E-state index contributed by atoms with van der Waals surface area (Å²) in [5, 5.41) is 13.2. The molecule has 106 valence electrons. The summed E-state index contributed by atoms with van der Waals surface area (Å²) < 4.78 is 5.28. The topological polar surface area (TPSA) is 76.2 Å². The van der Waals surface area contributed by atoms with Crippen molar-refractivity contribution >= 4 is 17.7 Å². The first kappa shape index (κ1) is 14.4. The summed E-state index contributed by atoms with van der Waals surface area (Å²) in [4.78, 5) is 15.6. The zero-order valence-electron chi connectivity index (χ0n) is 11.2. The Labute approximate surface area is 117 Å². The Balaban J connectivity index is 2.01. The molecule has 1 heterocycles. The lowest BCUT2D eigenvalue weighted by Crippen LogP contribution is -2.25. The summed E-state index contributed by atoms with van der Waals surface area (Å²) in [5.41, 5.74) is 0. The van der Waals surface area contributed by atoms with Gasteiger partial charge in [-0.15, -0.1) is 0 Å². The molecule has 0 spiro atoms. The van der Waals surface area contributed by atoms with Crippen molar-refractivity contribution in [3.63, 3.8) is 0 Å². The fourth-order valence-electron chi connectivity index (χ4n) is 2.51. The molecule has 2 atom stereocenters. The average molecular weight is 284 g/mol. The van der Waals surface area contributed by atoms with Gasteiger partial charge in [0.1, 0.15) is 0 Å². The van der Waals surface area contributed by atoms with Crippen LogP contribution in [0.25, 0.3) is 0 Å². The summed E-state index contributed by atoms with van der Waals surface area (Å²) >= 11 is 1.77. The molecule has 2 rings (SSSR count). The Bertz CT molecular complexity index is 422. The highest BCUT2D eigenvalue weighted by Crippen LogP contribution is 2.37. The van der Waals surface area contributed by atoms with Crippen molar-refractivity contribution in [2.45, 2.75) is 50.7 Å². The van der Waals surface area contributed by atoms with E-state index in [4.69, 9.17) is 4.52 Å². The molecule has 2 unspecified atom stereocenters. The summed E-state index contributed by atoms with van der Waals surface area (Å²) in [5.74, 6) is 1.79. The number of nitrogens with zero attached hydrogens (tertiary/aromatic N) is 2. The van der Waals surface area contributed by atoms with Gasteiger partial charge in [-0.3, -0.25) is 4.79 Å². The van der Waals surface area contributed by atoms with Crippen LogP contribution in [-0.4, -0.2) is 27.0 Å². The van der Waals surface area contributed by atoms with Gasteiger partial charge in [0, 0.05) is 0 Å². The van der Waals surface area contributed by atoms with Crippen molar-refractivity contribution in [3.05, 3.63) is 11.7 Å². The van der Waals surface area contributed by atoms with Crippen LogP contribution in [0.3, 0.4) is 0 Å². The lowest BCUT2D eigenvalue weighted by atomic mass is 9.79. The van der Waals surface area contributed by atoms with Crippen LogP contribution >= 0.6 is 11.8 Å². The largest absolute Gasteiger partial charge is 0.481 e. The first-order valence-corrected chi connectivity index (χ1v) is 8.01. The van der Waals surface area contributed by atoms with Gasteiger partial charge in [0.25, 0.3) is 0 Å². The smallest absolute Gasteiger partial charge is 0.307 e. The van der Waals surface area contributed by atoms with Gasteiger partial charge >= 0.3 is 5.97 Å². The minimum Gasteiger partial charge on any atom is -0.481 e. The SMILES string of the molecule is CCCSCc1noc(C2CCCCC2C(=O)O)n1. The Morgan fingerprint density at radius 2 is 2.26 bits per heavy atom. The standard InChI is InChI=1S/C13H20N2O3S/c1-2-7-19-8-11-14-12(18-15-11)9-5-3-4-6-10(9)13(16)17/h9-10H,2-8H2,1H3,(H,16,17). The molecule has 0 radical (unpaired) electrons. The van der Waals surface area contributed by atoms with Crippen LogP contribution in [0.5, 0.6) is 0 Å². The fraction of sp³-hybridized carbons (Fsp3) is 0.769. The van der Waals surface area contributed by atoms with Crippen LogP contribution < -0.4 is 0 Å². The Hall–Kier alpha value is -1.04. The number of aromatic nitrogens is 2. The molecular weight excluding hydrogens is 264 g/mol. The molecule has 5 nitrogen and oxygen atoms in total. The number of carboxylic acids is 1. The lowest BCUT2D eigenvalue weighted by Gasteiger charge is -2.25. The fourth-order valence-corrected chi connectivity index (χ4v) is 3.24. The van der Waals surface area contributed by atoms with E-state index in [9.17, 15) is 9.90 Å². The minimum atomic E-state index is -0.746. The van der Waals surface area contributed by atoms with E-state index in [0.29, 0.717) is 18.1 Å². The molecule has 1 fully saturated rings. The van der Waals surface area contributed by atoms with E-state index in [2.05, 4.69) is 17.1 Å². The maximum absolute atomic E-state index is 11.3. The molecule has 19 heavy (non-hydrogen) atoms. The van der Waals surface area contributed by atoms with Crippen LogP contribution in [0.15, 0.2) is 4.52 Å². The summed E-state index contributed by atoms with van der Waals surface area (Å²) in [6.45, 7) is 2.13. The second kappa shape index (κ2) is 6.93. The summed E-state index contributed by atoms with van der Waals surface area (Å²) in [7, 11) is 0. The van der Waals surface area contributed by atoms with E-state index < -0.39 is 5.97 Å². The van der Waals surface area contributed by atoms with Crippen LogP contribution in [0.4, 0.5) is 0 Å². The Morgan fingerprint density at radius 3 is 3.00 bits per heavy atom. The molecule has 1 aromatic heterocycles. The molecule has 0 aromatic carbocycles. The summed E-state index contributed by atoms with van der Waals surface area (Å²) in [6.07, 6.45) is 4.68. The molecule has 1 N–H and O–H groups in total. The van der Waals surface area contributed by atoms with E-state index in [0.717, 1.165) is 37.2 Å². The van der Waals surface area contributed by atoms with Gasteiger partial charge in [0.2, 0.25) is 5.89 Å². The van der Waals surface area contributed by atoms with E-state index >= 15 is 0 Å². The van der Waals surface area contributed by atoms with Gasteiger partial charge in [0.05, 0.1) is 17.6 Å². The number of hydrogen-bond donors (Lipinski definition) is 1. The van der Waals surface area contributed by atoms with E-state index in [1.54, 1.807) is 11.8 Å². The number of hydrogen-bond acceptors (Lipinski definition) is 5. The van der Waals surface area contributed by atoms with Gasteiger partial charge in [-0.1, -0.05) is 24.9 Å². The zero-order valence-corrected chi connectivity index (χ0v) is 12.0. The highest BCUT2D eigenvalue weighted by Gasteiger charge is 2.35. The number of rotatable bonds is 6. The highest BCUT2D eigenvalue weighted by molar-refractivity contribution is 7.98. The first-order valence-electron chi connectivity index (χ1n) is 6.85. The monoisotopic (exact) mass is 284 g/mol. The van der Waals surface area contributed by atoms with Crippen LogP contribution in [-0.2, 0) is 10.5 Å². The molecule has 0 bridgehead atoms. The van der Waals surface area contributed by atoms with Crippen molar-refractivity contribution in [3.8, 4) is 0 Å². The summed E-state index contributed by atoms with van der Waals surface area (Å²) in [6, 6.07) is 0. The predicted octanol–water partition coefficient (Wildman–Crippen LogP) is 3.07. The second-order valence-corrected chi connectivity index (χ2v) is 6.04. The van der Waals surface area contributed by atoms with Gasteiger partial charge < -0.3 is 9.63 Å². The van der Waals surface area contributed by atoms with Crippen molar-refractivity contribution in [2.24, 2.45) is 5.92 Å². The minimum absolute atomic E-state index is 0.108. The number of thioether (sulfide) groups is 1. The van der Waals surface area contributed by atoms with Gasteiger partial charge in [-0.05, 0) is 25.0 Å². The van der Waals surface area contributed by atoms with E-state index in [1.807, 2.05) is 0 Å². The molecule has 1 saturated carbocycles. The quantitative estimate of drug-likeness (QED) is 0.809. The molecular formula is C13H20N2O3S. The molecule has 6 heteroatoms. The van der Waals surface area contributed by atoms with Gasteiger partial charge in [-0.25, -0.2) is 0 Å². The number of carboxylic acid groups (broad SMARTS) is 1. The van der Waals surface area contributed by atoms with E-state index in [1.165, 1.54) is 0 Å². The first-order chi connectivity index (χ1) is 9.22. The van der Waals surface area contributed by atoms with E-state index in [-0.39, 0.29) is 11.8 Å². The zero-order chi connectivity index (χ0) is 13.7. The number of aliphatic carboxylic acids is 1. The van der Waals surface area contributed by atoms with Crippen molar-refractivity contribution in [2.75, 3.05) is 5.75 Å². The third kappa shape index (κ3) is 3.72. The second-order valence-electron chi connectivity index (χ2n) is 4.94. The molecule has 0 saturated heterocycles. The molecule has 1 aromatic rings. The molecule has 0 amide bonds. The average Bonchev–Trinajstić information content (AvgIpc) is 2.88. The lowest BCUT2D eigenvalue weighted by molar-refractivity contribution is -0.143. The number of carbonyl (C=O) groups is 1. The van der Waals surface area contributed by atoms with Gasteiger partial charge in [0.15, 0.2) is 5.82 Å². The highest BCUT2D eigenvalue weighted by atomic mass is 32.2. The van der Waals surface area contributed by atoms with Crippen LogP contribution in [0.2, 0.25) is 0 Å². The van der Waals surface area contributed by atoms with Crippen molar-refractivity contribution in [1.82, 2.24) is 10.1 Å². The van der Waals surface area contributed by atoms with Crippen LogP contribution in [0, 0.1) is 5.92 Å². The van der Waals surface area contributed by atoms with Crippen molar-refractivity contribution < 1.29 is 14.4 Å². The maximum Gasteiger partial charge on any atom is 0.307 e. The van der Waals surface area contributed by atoms with Gasteiger partial charge in [-0.2, -0.15) is 16.7 Å².